The van der Waals surface area contributed by atoms with E-state index in [1.807, 2.05) is 36.4 Å². The maximum absolute atomic E-state index is 8.45. The molecule has 0 radical (unpaired) electrons. The molecule has 2 rings (SSSR count). The molecule has 0 aliphatic rings. The van der Waals surface area contributed by atoms with Gasteiger partial charge in [0.25, 0.3) is 0 Å². The van der Waals surface area contributed by atoms with Gasteiger partial charge in [0.05, 0.1) is 0 Å². The van der Waals surface area contributed by atoms with Crippen molar-refractivity contribution in [1.29, 1.82) is 5.26 Å². The second-order valence-corrected chi connectivity index (χ2v) is 4.60. The topological polar surface area (TPSA) is 45.0 Å². The molecule has 1 N–H and O–H groups in total. The monoisotopic (exact) mass is 266 g/mol. The largest absolute Gasteiger partial charge is 0.479 e. The Labute approximate surface area is 119 Å². The predicted octanol–water partition coefficient (Wildman–Crippen LogP) is 3.44. The van der Waals surface area contributed by atoms with Gasteiger partial charge >= 0.3 is 0 Å². The third kappa shape index (κ3) is 4.11. The maximum Gasteiger partial charge on any atom is 0.174 e. The van der Waals surface area contributed by atoms with Crippen LogP contribution in [-0.4, -0.2) is 6.61 Å². The molecule has 2 aromatic rings. The van der Waals surface area contributed by atoms with E-state index in [-0.39, 0.29) is 6.61 Å². The van der Waals surface area contributed by atoms with Crippen molar-refractivity contribution in [2.45, 2.75) is 19.5 Å². The van der Waals surface area contributed by atoms with Gasteiger partial charge in [0.2, 0.25) is 0 Å². The summed E-state index contributed by atoms with van der Waals surface area (Å²) in [6.07, 6.45) is 0. The van der Waals surface area contributed by atoms with Crippen molar-refractivity contribution in [3.05, 3.63) is 65.7 Å². The number of benzene rings is 2. The number of nitrogens with zero attached hydrogens (tertiary/aromatic N) is 1. The Bertz CT molecular complexity index is 558. The molecule has 0 saturated heterocycles. The van der Waals surface area contributed by atoms with Gasteiger partial charge in [0.15, 0.2) is 6.61 Å². The third-order valence-electron chi connectivity index (χ3n) is 3.14. The molecule has 1 atom stereocenters. The average Bonchev–Trinajstić information content (AvgIpc) is 2.52. The van der Waals surface area contributed by atoms with Crippen LogP contribution in [0.1, 0.15) is 24.1 Å². The fourth-order valence-corrected chi connectivity index (χ4v) is 1.95. The lowest BCUT2D eigenvalue weighted by Gasteiger charge is -2.14. The van der Waals surface area contributed by atoms with E-state index in [4.69, 9.17) is 10.00 Å². The molecule has 3 heteroatoms. The van der Waals surface area contributed by atoms with E-state index in [0.717, 1.165) is 12.3 Å². The molecule has 0 saturated carbocycles. The second kappa shape index (κ2) is 7.32. The van der Waals surface area contributed by atoms with Gasteiger partial charge in [0, 0.05) is 12.6 Å². The molecule has 0 aliphatic heterocycles. The van der Waals surface area contributed by atoms with Crippen molar-refractivity contribution < 1.29 is 4.74 Å². The fourth-order valence-electron chi connectivity index (χ4n) is 1.95. The maximum atomic E-state index is 8.45. The molecule has 0 unspecified atom stereocenters. The Balaban J connectivity index is 1.86. The summed E-state index contributed by atoms with van der Waals surface area (Å²) in [7, 11) is 0. The molecular formula is C17H18N2O. The van der Waals surface area contributed by atoms with Crippen LogP contribution in [0.5, 0.6) is 5.75 Å². The fraction of sp³-hybridized carbons (Fsp3) is 0.235. The third-order valence-corrected chi connectivity index (χ3v) is 3.14. The first-order valence-electron chi connectivity index (χ1n) is 6.66. The van der Waals surface area contributed by atoms with Crippen LogP contribution in [0.3, 0.4) is 0 Å². The Hall–Kier alpha value is -2.31. The highest BCUT2D eigenvalue weighted by molar-refractivity contribution is 5.27. The SMILES string of the molecule is C[C@H](NCc1ccc(OCC#N)cc1)c1ccccc1. The van der Waals surface area contributed by atoms with Gasteiger partial charge in [-0.25, -0.2) is 0 Å². The van der Waals surface area contributed by atoms with Crippen molar-refractivity contribution in [3.8, 4) is 11.8 Å². The van der Waals surface area contributed by atoms with E-state index in [0.29, 0.717) is 6.04 Å². The minimum Gasteiger partial charge on any atom is -0.479 e. The highest BCUT2D eigenvalue weighted by atomic mass is 16.5. The first-order chi connectivity index (χ1) is 9.79. The highest BCUT2D eigenvalue weighted by Crippen LogP contribution is 2.15. The summed E-state index contributed by atoms with van der Waals surface area (Å²) in [4.78, 5) is 0. The number of nitrogens with one attached hydrogen (secondary N) is 1. The zero-order chi connectivity index (χ0) is 14.2. The van der Waals surface area contributed by atoms with Gasteiger partial charge in [-0.3, -0.25) is 0 Å². The number of hydrogen-bond donors (Lipinski definition) is 1. The van der Waals surface area contributed by atoms with Crippen molar-refractivity contribution in [2.75, 3.05) is 6.61 Å². The molecule has 0 amide bonds. The van der Waals surface area contributed by atoms with E-state index in [2.05, 4.69) is 36.5 Å². The lowest BCUT2D eigenvalue weighted by molar-refractivity contribution is 0.368. The number of rotatable bonds is 6. The van der Waals surface area contributed by atoms with Crippen LogP contribution in [0.2, 0.25) is 0 Å². The number of ether oxygens (including phenoxy) is 1. The van der Waals surface area contributed by atoms with E-state index in [1.165, 1.54) is 11.1 Å². The second-order valence-electron chi connectivity index (χ2n) is 4.60. The van der Waals surface area contributed by atoms with Gasteiger partial charge in [0.1, 0.15) is 11.8 Å². The van der Waals surface area contributed by atoms with Gasteiger partial charge < -0.3 is 10.1 Å². The summed E-state index contributed by atoms with van der Waals surface area (Å²) < 4.78 is 5.22. The van der Waals surface area contributed by atoms with Crippen LogP contribution in [0.25, 0.3) is 0 Å². The molecule has 0 spiro atoms. The van der Waals surface area contributed by atoms with E-state index >= 15 is 0 Å². The van der Waals surface area contributed by atoms with Crippen LogP contribution < -0.4 is 10.1 Å². The number of hydrogen-bond acceptors (Lipinski definition) is 3. The molecule has 20 heavy (non-hydrogen) atoms. The Morgan fingerprint density at radius 2 is 1.80 bits per heavy atom. The zero-order valence-corrected chi connectivity index (χ0v) is 11.5. The highest BCUT2D eigenvalue weighted by Gasteiger charge is 2.03. The van der Waals surface area contributed by atoms with Gasteiger partial charge in [-0.2, -0.15) is 5.26 Å². The average molecular weight is 266 g/mol. The lowest BCUT2D eigenvalue weighted by Crippen LogP contribution is -2.17. The van der Waals surface area contributed by atoms with Crippen molar-refractivity contribution >= 4 is 0 Å². The van der Waals surface area contributed by atoms with E-state index < -0.39 is 0 Å². The normalized spacial score (nSPS) is 11.6. The zero-order valence-electron chi connectivity index (χ0n) is 11.5. The molecule has 0 aromatic heterocycles. The standard InChI is InChI=1S/C17H18N2O/c1-14(16-5-3-2-4-6-16)19-13-15-7-9-17(10-8-15)20-12-11-18/h2-10,14,19H,12-13H2,1H3/t14-/m0/s1. The van der Waals surface area contributed by atoms with Crippen molar-refractivity contribution in [1.82, 2.24) is 5.32 Å². The van der Waals surface area contributed by atoms with Crippen molar-refractivity contribution in [3.63, 3.8) is 0 Å². The van der Waals surface area contributed by atoms with Gasteiger partial charge in [-0.05, 0) is 30.2 Å². The minimum absolute atomic E-state index is 0.0860. The predicted molar refractivity (Wildman–Crippen MR) is 79.2 cm³/mol. The molecular weight excluding hydrogens is 248 g/mol. The van der Waals surface area contributed by atoms with Gasteiger partial charge in [-0.1, -0.05) is 42.5 Å². The Morgan fingerprint density at radius 3 is 2.45 bits per heavy atom. The summed E-state index contributed by atoms with van der Waals surface area (Å²) in [5.41, 5.74) is 2.47. The summed E-state index contributed by atoms with van der Waals surface area (Å²) in [6.45, 7) is 3.04. The first-order valence-corrected chi connectivity index (χ1v) is 6.66. The lowest BCUT2D eigenvalue weighted by atomic mass is 10.1. The van der Waals surface area contributed by atoms with Crippen molar-refractivity contribution in [2.24, 2.45) is 0 Å². The van der Waals surface area contributed by atoms with Crippen LogP contribution >= 0.6 is 0 Å². The van der Waals surface area contributed by atoms with Crippen LogP contribution in [0.15, 0.2) is 54.6 Å². The first kappa shape index (κ1) is 14.1. The van der Waals surface area contributed by atoms with Crippen LogP contribution in [0.4, 0.5) is 0 Å². The van der Waals surface area contributed by atoms with E-state index in [1.54, 1.807) is 0 Å². The summed E-state index contributed by atoms with van der Waals surface area (Å²) in [6, 6.07) is 20.4. The smallest absolute Gasteiger partial charge is 0.174 e. The molecule has 0 bridgehead atoms. The van der Waals surface area contributed by atoms with E-state index in [9.17, 15) is 0 Å². The molecule has 102 valence electrons. The molecule has 0 fully saturated rings. The summed E-state index contributed by atoms with van der Waals surface area (Å²) in [5, 5.41) is 11.9. The summed E-state index contributed by atoms with van der Waals surface area (Å²) in [5.74, 6) is 0.728. The molecule has 2 aromatic carbocycles. The van der Waals surface area contributed by atoms with Crippen LogP contribution in [-0.2, 0) is 6.54 Å². The molecule has 0 heterocycles. The molecule has 3 nitrogen and oxygen atoms in total. The minimum atomic E-state index is 0.0860. The Kier molecular flexibility index (Phi) is 5.16. The molecule has 0 aliphatic carbocycles. The number of nitriles is 1. The summed E-state index contributed by atoms with van der Waals surface area (Å²) >= 11 is 0. The van der Waals surface area contributed by atoms with Gasteiger partial charge in [-0.15, -0.1) is 0 Å². The van der Waals surface area contributed by atoms with Crippen LogP contribution in [0, 0.1) is 11.3 Å². The Morgan fingerprint density at radius 1 is 1.10 bits per heavy atom. The quantitative estimate of drug-likeness (QED) is 0.871.